The zero-order valence-electron chi connectivity index (χ0n) is 13.8. The van der Waals surface area contributed by atoms with Crippen molar-refractivity contribution in [3.63, 3.8) is 0 Å². The van der Waals surface area contributed by atoms with Gasteiger partial charge in [-0.1, -0.05) is 12.1 Å². The lowest BCUT2D eigenvalue weighted by Crippen LogP contribution is -2.42. The molecule has 0 spiro atoms. The summed E-state index contributed by atoms with van der Waals surface area (Å²) in [5.41, 5.74) is 1.10. The fourth-order valence-corrected chi connectivity index (χ4v) is 3.71. The van der Waals surface area contributed by atoms with E-state index < -0.39 is 0 Å². The highest BCUT2D eigenvalue weighted by atomic mass is 35.5. The maximum absolute atomic E-state index is 13.1. The predicted molar refractivity (Wildman–Crippen MR) is 93.6 cm³/mol. The smallest absolute Gasteiger partial charge is 0.123 e. The van der Waals surface area contributed by atoms with Crippen molar-refractivity contribution in [1.29, 1.82) is 0 Å². The second kappa shape index (κ2) is 8.97. The SMILES string of the molecule is CN(CC1CCNCC1)C1CCOC(c2ccc(F)cc2)C1.Cl. The highest BCUT2D eigenvalue weighted by molar-refractivity contribution is 5.85. The van der Waals surface area contributed by atoms with Gasteiger partial charge in [-0.15, -0.1) is 12.4 Å². The normalized spacial score (nSPS) is 26.0. The van der Waals surface area contributed by atoms with Crippen LogP contribution in [0.4, 0.5) is 4.39 Å². The first-order chi connectivity index (χ1) is 10.7. The Morgan fingerprint density at radius 1 is 1.17 bits per heavy atom. The van der Waals surface area contributed by atoms with Gasteiger partial charge < -0.3 is 15.0 Å². The third-order valence-electron chi connectivity index (χ3n) is 5.13. The summed E-state index contributed by atoms with van der Waals surface area (Å²) < 4.78 is 19.0. The molecule has 23 heavy (non-hydrogen) atoms. The van der Waals surface area contributed by atoms with Gasteiger partial charge in [0.05, 0.1) is 6.10 Å². The Kier molecular flexibility index (Phi) is 7.28. The molecule has 1 aromatic rings. The van der Waals surface area contributed by atoms with Crippen molar-refractivity contribution < 1.29 is 9.13 Å². The summed E-state index contributed by atoms with van der Waals surface area (Å²) in [5.74, 6) is 0.637. The van der Waals surface area contributed by atoms with Crippen LogP contribution in [0.3, 0.4) is 0 Å². The maximum atomic E-state index is 13.1. The summed E-state index contributed by atoms with van der Waals surface area (Å²) >= 11 is 0. The van der Waals surface area contributed by atoms with E-state index in [1.807, 2.05) is 12.1 Å². The summed E-state index contributed by atoms with van der Waals surface area (Å²) in [6, 6.07) is 7.34. The van der Waals surface area contributed by atoms with Gasteiger partial charge in [0.15, 0.2) is 0 Å². The lowest BCUT2D eigenvalue weighted by atomic mass is 9.93. The van der Waals surface area contributed by atoms with E-state index in [0.717, 1.165) is 44.0 Å². The first-order valence-corrected chi connectivity index (χ1v) is 8.50. The predicted octanol–water partition coefficient (Wildman–Crippen LogP) is 3.40. The van der Waals surface area contributed by atoms with Crippen molar-refractivity contribution in [2.45, 2.75) is 37.8 Å². The standard InChI is InChI=1S/C18H27FN2O.ClH/c1-21(13-14-6-9-20-10-7-14)17-8-11-22-18(12-17)15-2-4-16(19)5-3-15;/h2-5,14,17-18,20H,6-13H2,1H3;1H. The monoisotopic (exact) mass is 342 g/mol. The van der Waals surface area contributed by atoms with Crippen LogP contribution in [0.5, 0.6) is 0 Å². The summed E-state index contributed by atoms with van der Waals surface area (Å²) in [4.78, 5) is 2.52. The van der Waals surface area contributed by atoms with Crippen molar-refractivity contribution in [2.75, 3.05) is 33.3 Å². The highest BCUT2D eigenvalue weighted by Gasteiger charge is 2.28. The topological polar surface area (TPSA) is 24.5 Å². The van der Waals surface area contributed by atoms with Gasteiger partial charge in [0.2, 0.25) is 0 Å². The first-order valence-electron chi connectivity index (χ1n) is 8.50. The molecule has 0 bridgehead atoms. The van der Waals surface area contributed by atoms with Gasteiger partial charge in [0.1, 0.15) is 5.82 Å². The van der Waals surface area contributed by atoms with Gasteiger partial charge in [-0.25, -0.2) is 4.39 Å². The largest absolute Gasteiger partial charge is 0.373 e. The van der Waals surface area contributed by atoms with Crippen LogP contribution in [0.25, 0.3) is 0 Å². The second-order valence-corrected chi connectivity index (χ2v) is 6.72. The van der Waals surface area contributed by atoms with Crippen molar-refractivity contribution in [1.82, 2.24) is 10.2 Å². The molecular formula is C18H28ClFN2O. The third kappa shape index (κ3) is 5.15. The van der Waals surface area contributed by atoms with Gasteiger partial charge in [-0.2, -0.15) is 0 Å². The van der Waals surface area contributed by atoms with Crippen LogP contribution >= 0.6 is 12.4 Å². The molecular weight excluding hydrogens is 315 g/mol. The summed E-state index contributed by atoms with van der Waals surface area (Å²) in [6.45, 7) is 4.29. The molecule has 3 nitrogen and oxygen atoms in total. The van der Waals surface area contributed by atoms with Gasteiger partial charge in [0, 0.05) is 19.2 Å². The minimum atomic E-state index is -0.181. The average molecular weight is 343 g/mol. The zero-order chi connectivity index (χ0) is 15.4. The number of benzene rings is 1. The number of hydrogen-bond acceptors (Lipinski definition) is 3. The Hall–Kier alpha value is -0.680. The van der Waals surface area contributed by atoms with Crippen LogP contribution in [0.1, 0.15) is 37.4 Å². The summed E-state index contributed by atoms with van der Waals surface area (Å²) in [7, 11) is 2.25. The maximum Gasteiger partial charge on any atom is 0.123 e. The molecule has 2 fully saturated rings. The van der Waals surface area contributed by atoms with Gasteiger partial charge in [-0.3, -0.25) is 0 Å². The van der Waals surface area contributed by atoms with Crippen LogP contribution in [-0.4, -0.2) is 44.2 Å². The molecule has 0 radical (unpaired) electrons. The molecule has 1 aromatic carbocycles. The molecule has 5 heteroatoms. The minimum Gasteiger partial charge on any atom is -0.373 e. The quantitative estimate of drug-likeness (QED) is 0.907. The van der Waals surface area contributed by atoms with E-state index in [-0.39, 0.29) is 24.3 Å². The lowest BCUT2D eigenvalue weighted by molar-refractivity contribution is -0.0265. The Bertz CT molecular complexity index is 465. The molecule has 1 N–H and O–H groups in total. The molecule has 2 saturated heterocycles. The molecule has 3 rings (SSSR count). The number of rotatable bonds is 4. The molecule has 0 aromatic heterocycles. The van der Waals surface area contributed by atoms with E-state index in [9.17, 15) is 4.39 Å². The van der Waals surface area contributed by atoms with Crippen LogP contribution < -0.4 is 5.32 Å². The number of ether oxygens (including phenoxy) is 1. The van der Waals surface area contributed by atoms with Crippen molar-refractivity contribution in [2.24, 2.45) is 5.92 Å². The molecule has 0 saturated carbocycles. The fourth-order valence-electron chi connectivity index (χ4n) is 3.71. The van der Waals surface area contributed by atoms with E-state index in [4.69, 9.17) is 4.74 Å². The van der Waals surface area contributed by atoms with E-state index in [2.05, 4.69) is 17.3 Å². The second-order valence-electron chi connectivity index (χ2n) is 6.72. The average Bonchev–Trinajstić information content (AvgIpc) is 2.56. The van der Waals surface area contributed by atoms with Crippen LogP contribution in [-0.2, 0) is 4.74 Å². The van der Waals surface area contributed by atoms with Crippen molar-refractivity contribution >= 4 is 12.4 Å². The first kappa shape index (κ1) is 18.7. The van der Waals surface area contributed by atoms with E-state index in [0.29, 0.717) is 6.04 Å². The molecule has 2 atom stereocenters. The number of nitrogens with zero attached hydrogens (tertiary/aromatic N) is 1. The van der Waals surface area contributed by atoms with Crippen molar-refractivity contribution in [3.8, 4) is 0 Å². The number of halogens is 2. The zero-order valence-corrected chi connectivity index (χ0v) is 14.7. The van der Waals surface area contributed by atoms with Gasteiger partial charge in [0.25, 0.3) is 0 Å². The van der Waals surface area contributed by atoms with Gasteiger partial charge in [-0.05, 0) is 69.4 Å². The van der Waals surface area contributed by atoms with E-state index in [1.165, 1.54) is 31.5 Å². The molecule has 2 heterocycles. The molecule has 130 valence electrons. The third-order valence-corrected chi connectivity index (χ3v) is 5.13. The van der Waals surface area contributed by atoms with Crippen LogP contribution in [0, 0.1) is 11.7 Å². The Morgan fingerprint density at radius 2 is 1.87 bits per heavy atom. The summed E-state index contributed by atoms with van der Waals surface area (Å²) in [5, 5.41) is 3.43. The molecule has 2 aliphatic heterocycles. The Balaban J connectivity index is 0.00000192. The van der Waals surface area contributed by atoms with E-state index >= 15 is 0 Å². The van der Waals surface area contributed by atoms with Crippen LogP contribution in [0.2, 0.25) is 0 Å². The number of piperidine rings is 1. The van der Waals surface area contributed by atoms with E-state index in [1.54, 1.807) is 0 Å². The Morgan fingerprint density at radius 3 is 2.57 bits per heavy atom. The molecule has 0 amide bonds. The number of hydrogen-bond donors (Lipinski definition) is 1. The van der Waals surface area contributed by atoms with Gasteiger partial charge >= 0.3 is 0 Å². The molecule has 0 aliphatic carbocycles. The fraction of sp³-hybridized carbons (Fsp3) is 0.667. The Labute approximate surface area is 145 Å². The highest BCUT2D eigenvalue weighted by Crippen LogP contribution is 2.31. The summed E-state index contributed by atoms with van der Waals surface area (Å²) in [6.07, 6.45) is 4.78. The lowest BCUT2D eigenvalue weighted by Gasteiger charge is -2.38. The molecule has 2 unspecified atom stereocenters. The molecule has 2 aliphatic rings. The van der Waals surface area contributed by atoms with Crippen molar-refractivity contribution in [3.05, 3.63) is 35.6 Å². The number of nitrogens with one attached hydrogen (secondary N) is 1. The van der Waals surface area contributed by atoms with Crippen LogP contribution in [0.15, 0.2) is 24.3 Å². The minimum absolute atomic E-state index is 0.